The van der Waals surface area contributed by atoms with Crippen molar-refractivity contribution in [1.29, 1.82) is 0 Å². The van der Waals surface area contributed by atoms with Gasteiger partial charge in [0.05, 0.1) is 16.8 Å². The molecule has 4 aliphatic heterocycles. The van der Waals surface area contributed by atoms with E-state index in [1.54, 1.807) is 12.1 Å². The summed E-state index contributed by atoms with van der Waals surface area (Å²) in [6, 6.07) is 4.30. The van der Waals surface area contributed by atoms with Gasteiger partial charge in [-0.2, -0.15) is 0 Å². The van der Waals surface area contributed by atoms with Gasteiger partial charge < -0.3 is 20.3 Å². The summed E-state index contributed by atoms with van der Waals surface area (Å²) in [4.78, 5) is 66.9. The third kappa shape index (κ3) is 4.67. The normalized spacial score (nSPS) is 24.2. The molecule has 0 spiro atoms. The molecule has 0 radical (unpaired) electrons. The van der Waals surface area contributed by atoms with Crippen LogP contribution >= 0.6 is 0 Å². The molecule has 36 heavy (non-hydrogen) atoms. The van der Waals surface area contributed by atoms with Crippen molar-refractivity contribution in [2.45, 2.75) is 50.7 Å². The van der Waals surface area contributed by atoms with E-state index in [1.165, 1.54) is 0 Å². The molecule has 3 saturated heterocycles. The third-order valence-corrected chi connectivity index (χ3v) is 7.74. The number of piperidine rings is 3. The van der Waals surface area contributed by atoms with Gasteiger partial charge in [-0.3, -0.25) is 29.4 Å². The SMILES string of the molecule is NC(=O)OC1CCN(CC2CCN(c3cccc4c3C(=O)N(C3CCC(=O)NC3=O)C4=O)CC2)CC1. The Balaban J connectivity index is 1.21. The second-order valence-electron chi connectivity index (χ2n) is 10.0. The van der Waals surface area contributed by atoms with E-state index in [1.807, 2.05) is 6.07 Å². The van der Waals surface area contributed by atoms with E-state index >= 15 is 0 Å². The van der Waals surface area contributed by atoms with Crippen LogP contribution in [-0.4, -0.2) is 84.4 Å². The number of nitrogens with zero attached hydrogens (tertiary/aromatic N) is 3. The first-order valence-corrected chi connectivity index (χ1v) is 12.6. The molecule has 1 atom stereocenters. The van der Waals surface area contributed by atoms with Gasteiger partial charge in [0, 0.05) is 39.1 Å². The fraction of sp³-hybridized carbons (Fsp3) is 0.560. The number of likely N-dealkylation sites (tertiary alicyclic amines) is 1. The predicted octanol–water partition coefficient (Wildman–Crippen LogP) is 0.864. The van der Waals surface area contributed by atoms with Crippen molar-refractivity contribution >= 4 is 35.4 Å². The third-order valence-electron chi connectivity index (χ3n) is 7.74. The van der Waals surface area contributed by atoms with Gasteiger partial charge in [0.15, 0.2) is 0 Å². The number of rotatable bonds is 5. The Labute approximate surface area is 208 Å². The van der Waals surface area contributed by atoms with Gasteiger partial charge in [-0.05, 0) is 50.2 Å². The number of anilines is 1. The van der Waals surface area contributed by atoms with Crippen LogP contribution in [0.15, 0.2) is 18.2 Å². The smallest absolute Gasteiger partial charge is 0.404 e. The quantitative estimate of drug-likeness (QED) is 0.571. The lowest BCUT2D eigenvalue weighted by Gasteiger charge is -2.38. The minimum Gasteiger partial charge on any atom is -0.446 e. The minimum absolute atomic E-state index is 0.0965. The van der Waals surface area contributed by atoms with E-state index in [4.69, 9.17) is 10.5 Å². The van der Waals surface area contributed by atoms with Crippen molar-refractivity contribution in [3.05, 3.63) is 29.3 Å². The summed E-state index contributed by atoms with van der Waals surface area (Å²) in [6.45, 7) is 4.25. The number of hydrogen-bond acceptors (Lipinski definition) is 8. The summed E-state index contributed by atoms with van der Waals surface area (Å²) in [6.07, 6.45) is 2.92. The van der Waals surface area contributed by atoms with Crippen LogP contribution < -0.4 is 16.0 Å². The lowest BCUT2D eigenvalue weighted by molar-refractivity contribution is -0.136. The molecule has 192 valence electrons. The molecule has 5 amide bonds. The fourth-order valence-corrected chi connectivity index (χ4v) is 5.86. The standard InChI is InChI=1S/C25H31N5O6/c26-25(35)36-16-8-10-28(11-9-16)14-15-6-12-29(13-7-15)18-3-1-2-17-21(18)24(34)30(23(17)33)19-4-5-20(31)27-22(19)32/h1-3,15-16,19H,4-14H2,(H2,26,35)(H,27,31,32). The van der Waals surface area contributed by atoms with Crippen LogP contribution in [0.3, 0.4) is 0 Å². The lowest BCUT2D eigenvalue weighted by Crippen LogP contribution is -2.54. The van der Waals surface area contributed by atoms with Crippen LogP contribution in [0.25, 0.3) is 0 Å². The highest BCUT2D eigenvalue weighted by molar-refractivity contribution is 6.25. The number of carbonyl (C=O) groups is 5. The number of nitrogens with one attached hydrogen (secondary N) is 1. The van der Waals surface area contributed by atoms with E-state index in [0.717, 1.165) is 69.0 Å². The average Bonchev–Trinajstić information content (AvgIpc) is 3.11. The second kappa shape index (κ2) is 9.88. The Bertz CT molecular complexity index is 1090. The van der Waals surface area contributed by atoms with Gasteiger partial charge >= 0.3 is 6.09 Å². The predicted molar refractivity (Wildman–Crippen MR) is 128 cm³/mol. The molecule has 4 aliphatic rings. The molecule has 3 fully saturated rings. The number of imide groups is 2. The molecule has 0 saturated carbocycles. The van der Waals surface area contributed by atoms with Crippen LogP contribution in [0.5, 0.6) is 0 Å². The van der Waals surface area contributed by atoms with Crippen molar-refractivity contribution in [2.75, 3.05) is 37.6 Å². The van der Waals surface area contributed by atoms with Crippen molar-refractivity contribution in [3.63, 3.8) is 0 Å². The van der Waals surface area contributed by atoms with Crippen LogP contribution in [0.1, 0.15) is 59.2 Å². The zero-order chi connectivity index (χ0) is 25.4. The van der Waals surface area contributed by atoms with Gasteiger partial charge in [0.25, 0.3) is 11.8 Å². The first-order valence-electron chi connectivity index (χ1n) is 12.6. The van der Waals surface area contributed by atoms with Gasteiger partial charge in [0.1, 0.15) is 12.1 Å². The Kier molecular flexibility index (Phi) is 6.65. The summed E-state index contributed by atoms with van der Waals surface area (Å²) in [5, 5.41) is 2.24. The first kappa shape index (κ1) is 24.2. The Morgan fingerprint density at radius 1 is 0.972 bits per heavy atom. The lowest BCUT2D eigenvalue weighted by atomic mass is 9.94. The molecule has 3 N–H and O–H groups in total. The van der Waals surface area contributed by atoms with Gasteiger partial charge in [0.2, 0.25) is 11.8 Å². The van der Waals surface area contributed by atoms with E-state index in [0.29, 0.717) is 17.0 Å². The molecule has 0 bridgehead atoms. The van der Waals surface area contributed by atoms with E-state index < -0.39 is 29.9 Å². The summed E-state index contributed by atoms with van der Waals surface area (Å²) in [7, 11) is 0. The van der Waals surface area contributed by atoms with Crippen LogP contribution in [-0.2, 0) is 14.3 Å². The highest BCUT2D eigenvalue weighted by atomic mass is 16.6. The number of primary amides is 1. The number of ether oxygens (including phenoxy) is 1. The number of nitrogens with two attached hydrogens (primary N) is 1. The van der Waals surface area contributed by atoms with Crippen molar-refractivity contribution < 1.29 is 28.7 Å². The number of fused-ring (bicyclic) bond motifs is 1. The fourth-order valence-electron chi connectivity index (χ4n) is 5.86. The number of amides is 5. The second-order valence-corrected chi connectivity index (χ2v) is 10.0. The molecule has 1 aromatic carbocycles. The zero-order valence-corrected chi connectivity index (χ0v) is 20.1. The molecule has 11 nitrogen and oxygen atoms in total. The van der Waals surface area contributed by atoms with Crippen molar-refractivity contribution in [1.82, 2.24) is 15.1 Å². The monoisotopic (exact) mass is 497 g/mol. The highest BCUT2D eigenvalue weighted by Gasteiger charge is 2.46. The number of benzene rings is 1. The summed E-state index contributed by atoms with van der Waals surface area (Å²) in [5.74, 6) is -1.43. The number of hydrogen-bond donors (Lipinski definition) is 2. The summed E-state index contributed by atoms with van der Waals surface area (Å²) >= 11 is 0. The molecular formula is C25H31N5O6. The van der Waals surface area contributed by atoms with Crippen molar-refractivity contribution in [3.8, 4) is 0 Å². The maximum absolute atomic E-state index is 13.4. The van der Waals surface area contributed by atoms with Gasteiger partial charge in [-0.15, -0.1) is 0 Å². The molecule has 5 rings (SSSR count). The number of carbonyl (C=O) groups excluding carboxylic acids is 5. The topological polar surface area (TPSA) is 142 Å². The molecule has 1 unspecified atom stereocenters. The highest BCUT2D eigenvalue weighted by Crippen LogP contribution is 2.36. The summed E-state index contributed by atoms with van der Waals surface area (Å²) in [5.41, 5.74) is 6.51. The first-order chi connectivity index (χ1) is 17.3. The average molecular weight is 498 g/mol. The molecule has 0 aromatic heterocycles. The molecule has 0 aliphatic carbocycles. The Morgan fingerprint density at radius 3 is 2.36 bits per heavy atom. The maximum Gasteiger partial charge on any atom is 0.404 e. The van der Waals surface area contributed by atoms with Crippen LogP contribution in [0.4, 0.5) is 10.5 Å². The van der Waals surface area contributed by atoms with Crippen molar-refractivity contribution in [2.24, 2.45) is 11.7 Å². The largest absolute Gasteiger partial charge is 0.446 e. The van der Waals surface area contributed by atoms with E-state index in [2.05, 4.69) is 15.1 Å². The molecule has 4 heterocycles. The Morgan fingerprint density at radius 2 is 1.69 bits per heavy atom. The molecular weight excluding hydrogens is 466 g/mol. The maximum atomic E-state index is 13.4. The van der Waals surface area contributed by atoms with Gasteiger partial charge in [-0.1, -0.05) is 6.07 Å². The zero-order valence-electron chi connectivity index (χ0n) is 20.1. The molecule has 11 heteroatoms. The molecule has 1 aromatic rings. The van der Waals surface area contributed by atoms with Crippen LogP contribution in [0.2, 0.25) is 0 Å². The van der Waals surface area contributed by atoms with E-state index in [9.17, 15) is 24.0 Å². The summed E-state index contributed by atoms with van der Waals surface area (Å²) < 4.78 is 5.12. The minimum atomic E-state index is -0.966. The van der Waals surface area contributed by atoms with Crippen LogP contribution in [0, 0.1) is 5.92 Å². The Hall–Kier alpha value is -3.47. The van der Waals surface area contributed by atoms with E-state index in [-0.39, 0.29) is 24.9 Å². The van der Waals surface area contributed by atoms with Gasteiger partial charge in [-0.25, -0.2) is 4.79 Å².